The van der Waals surface area contributed by atoms with E-state index < -0.39 is 0 Å². The van der Waals surface area contributed by atoms with E-state index in [-0.39, 0.29) is 0 Å². The van der Waals surface area contributed by atoms with Crippen molar-refractivity contribution in [3.63, 3.8) is 0 Å². The van der Waals surface area contributed by atoms with Gasteiger partial charge in [-0.05, 0) is 38.1 Å². The molecule has 19 heavy (non-hydrogen) atoms. The Labute approximate surface area is 114 Å². The Bertz CT molecular complexity index is 552. The summed E-state index contributed by atoms with van der Waals surface area (Å²) >= 11 is 0. The van der Waals surface area contributed by atoms with E-state index in [4.69, 9.17) is 0 Å². The maximum absolute atomic E-state index is 4.44. The molecule has 0 fully saturated rings. The van der Waals surface area contributed by atoms with Gasteiger partial charge in [-0.1, -0.05) is 23.8 Å². The van der Waals surface area contributed by atoms with Gasteiger partial charge in [-0.25, -0.2) is 9.97 Å². The van der Waals surface area contributed by atoms with Crippen LogP contribution in [0.5, 0.6) is 0 Å². The Morgan fingerprint density at radius 1 is 1.11 bits per heavy atom. The number of aromatic nitrogens is 2. The van der Waals surface area contributed by atoms with Crippen LogP contribution in [0.3, 0.4) is 0 Å². The van der Waals surface area contributed by atoms with E-state index in [1.54, 1.807) is 6.20 Å². The number of hydrogen-bond acceptors (Lipinski definition) is 4. The van der Waals surface area contributed by atoms with E-state index in [0.717, 1.165) is 18.2 Å². The lowest BCUT2D eigenvalue weighted by Gasteiger charge is -2.10. The van der Waals surface area contributed by atoms with Crippen molar-refractivity contribution in [3.8, 4) is 0 Å². The van der Waals surface area contributed by atoms with Gasteiger partial charge in [0.05, 0.1) is 6.54 Å². The summed E-state index contributed by atoms with van der Waals surface area (Å²) in [5.74, 6) is 1.66. The van der Waals surface area contributed by atoms with Crippen molar-refractivity contribution in [1.29, 1.82) is 0 Å². The highest BCUT2D eigenvalue weighted by Gasteiger charge is 2.01. The van der Waals surface area contributed by atoms with Crippen LogP contribution in [0.1, 0.15) is 22.5 Å². The van der Waals surface area contributed by atoms with Crippen molar-refractivity contribution in [2.75, 3.05) is 12.4 Å². The molecule has 0 unspecified atom stereocenters. The molecule has 0 bridgehead atoms. The van der Waals surface area contributed by atoms with Crippen molar-refractivity contribution in [3.05, 3.63) is 53.0 Å². The Kier molecular flexibility index (Phi) is 4.47. The van der Waals surface area contributed by atoms with Crippen LogP contribution in [-0.4, -0.2) is 17.0 Å². The predicted molar refractivity (Wildman–Crippen MR) is 78.0 cm³/mol. The van der Waals surface area contributed by atoms with Crippen molar-refractivity contribution in [2.24, 2.45) is 0 Å². The van der Waals surface area contributed by atoms with Gasteiger partial charge in [0.25, 0.3) is 0 Å². The van der Waals surface area contributed by atoms with E-state index in [2.05, 4.69) is 52.6 Å². The van der Waals surface area contributed by atoms with Crippen LogP contribution < -0.4 is 10.6 Å². The largest absolute Gasteiger partial charge is 0.366 e. The average Bonchev–Trinajstić information content (AvgIpc) is 2.41. The third kappa shape index (κ3) is 3.76. The zero-order valence-electron chi connectivity index (χ0n) is 11.7. The van der Waals surface area contributed by atoms with Gasteiger partial charge in [-0.3, -0.25) is 0 Å². The topological polar surface area (TPSA) is 49.8 Å². The highest BCUT2D eigenvalue weighted by molar-refractivity contribution is 5.37. The summed E-state index contributed by atoms with van der Waals surface area (Å²) in [5, 5.41) is 6.40. The van der Waals surface area contributed by atoms with E-state index in [1.165, 1.54) is 16.7 Å². The summed E-state index contributed by atoms with van der Waals surface area (Å²) in [6.07, 6.45) is 1.78. The van der Waals surface area contributed by atoms with Crippen LogP contribution >= 0.6 is 0 Å². The summed E-state index contributed by atoms with van der Waals surface area (Å²) in [6, 6.07) is 8.38. The number of anilines is 1. The first-order chi connectivity index (χ1) is 9.19. The number of nitrogens with one attached hydrogen (secondary N) is 2. The van der Waals surface area contributed by atoms with Gasteiger partial charge in [0.1, 0.15) is 11.6 Å². The third-order valence-corrected chi connectivity index (χ3v) is 3.00. The quantitative estimate of drug-likeness (QED) is 0.862. The molecule has 0 spiro atoms. The van der Waals surface area contributed by atoms with E-state index >= 15 is 0 Å². The van der Waals surface area contributed by atoms with Gasteiger partial charge in [-0.2, -0.15) is 0 Å². The minimum Gasteiger partial charge on any atom is -0.366 e. The van der Waals surface area contributed by atoms with Crippen LogP contribution in [-0.2, 0) is 13.1 Å². The molecule has 1 aromatic carbocycles. The van der Waals surface area contributed by atoms with E-state index in [1.807, 2.05) is 13.1 Å². The molecule has 0 aliphatic carbocycles. The molecular weight excluding hydrogens is 236 g/mol. The fraction of sp³-hybridized carbons (Fsp3) is 0.333. The highest BCUT2D eigenvalue weighted by Crippen LogP contribution is 2.12. The van der Waals surface area contributed by atoms with E-state index in [9.17, 15) is 0 Å². The number of aryl methyl sites for hydroxylation is 2. The normalized spacial score (nSPS) is 10.5. The average molecular weight is 256 g/mol. The minimum absolute atomic E-state index is 0.680. The monoisotopic (exact) mass is 256 g/mol. The van der Waals surface area contributed by atoms with Crippen molar-refractivity contribution < 1.29 is 0 Å². The fourth-order valence-corrected chi connectivity index (χ4v) is 1.92. The summed E-state index contributed by atoms with van der Waals surface area (Å²) < 4.78 is 0. The lowest BCUT2D eigenvalue weighted by molar-refractivity contribution is 0.758. The molecule has 0 radical (unpaired) electrons. The minimum atomic E-state index is 0.680. The molecule has 100 valence electrons. The molecule has 4 heteroatoms. The van der Waals surface area contributed by atoms with Crippen LogP contribution in [0, 0.1) is 13.8 Å². The van der Waals surface area contributed by atoms with Crippen molar-refractivity contribution in [2.45, 2.75) is 26.9 Å². The van der Waals surface area contributed by atoms with Crippen LogP contribution in [0.4, 0.5) is 5.82 Å². The molecule has 2 rings (SSSR count). The SMILES string of the molecule is CNCc1nccc(NCc2cc(C)ccc2C)n1. The second kappa shape index (κ2) is 6.29. The Balaban J connectivity index is 2.05. The molecule has 2 N–H and O–H groups in total. The zero-order chi connectivity index (χ0) is 13.7. The van der Waals surface area contributed by atoms with Gasteiger partial charge in [0.2, 0.25) is 0 Å². The molecule has 1 heterocycles. The molecule has 0 saturated carbocycles. The van der Waals surface area contributed by atoms with E-state index in [0.29, 0.717) is 6.54 Å². The molecule has 0 saturated heterocycles. The van der Waals surface area contributed by atoms with Crippen LogP contribution in [0.2, 0.25) is 0 Å². The standard InChI is InChI=1S/C15H20N4/c1-11-4-5-12(2)13(8-11)9-18-14-6-7-17-15(19-14)10-16-3/h4-8,16H,9-10H2,1-3H3,(H,17,18,19). The molecule has 0 atom stereocenters. The summed E-state index contributed by atoms with van der Waals surface area (Å²) in [6.45, 7) is 5.70. The van der Waals surface area contributed by atoms with Crippen LogP contribution in [0.25, 0.3) is 0 Å². The van der Waals surface area contributed by atoms with Gasteiger partial charge in [0, 0.05) is 12.7 Å². The molecular formula is C15H20N4. The Morgan fingerprint density at radius 3 is 2.74 bits per heavy atom. The molecule has 2 aromatic rings. The number of rotatable bonds is 5. The number of hydrogen-bond donors (Lipinski definition) is 2. The first-order valence-corrected chi connectivity index (χ1v) is 6.45. The molecule has 0 aliphatic heterocycles. The second-order valence-electron chi connectivity index (χ2n) is 4.67. The number of benzene rings is 1. The van der Waals surface area contributed by atoms with Gasteiger partial charge in [-0.15, -0.1) is 0 Å². The Morgan fingerprint density at radius 2 is 1.95 bits per heavy atom. The predicted octanol–water partition coefficient (Wildman–Crippen LogP) is 2.42. The third-order valence-electron chi connectivity index (χ3n) is 3.00. The van der Waals surface area contributed by atoms with Gasteiger partial charge in [0.15, 0.2) is 0 Å². The first kappa shape index (κ1) is 13.5. The maximum Gasteiger partial charge on any atom is 0.144 e. The summed E-state index contributed by atoms with van der Waals surface area (Å²) in [4.78, 5) is 8.65. The first-order valence-electron chi connectivity index (χ1n) is 6.45. The second-order valence-corrected chi connectivity index (χ2v) is 4.67. The lowest BCUT2D eigenvalue weighted by atomic mass is 10.1. The van der Waals surface area contributed by atoms with Crippen LogP contribution in [0.15, 0.2) is 30.5 Å². The number of nitrogens with zero attached hydrogens (tertiary/aromatic N) is 2. The zero-order valence-corrected chi connectivity index (χ0v) is 11.7. The maximum atomic E-state index is 4.44. The highest BCUT2D eigenvalue weighted by atomic mass is 15.0. The fourth-order valence-electron chi connectivity index (χ4n) is 1.92. The lowest BCUT2D eigenvalue weighted by Crippen LogP contribution is -2.11. The van der Waals surface area contributed by atoms with Crippen molar-refractivity contribution >= 4 is 5.82 Å². The molecule has 0 amide bonds. The molecule has 1 aromatic heterocycles. The molecule has 4 nitrogen and oxygen atoms in total. The van der Waals surface area contributed by atoms with Crippen molar-refractivity contribution in [1.82, 2.24) is 15.3 Å². The molecule has 0 aliphatic rings. The summed E-state index contributed by atoms with van der Waals surface area (Å²) in [7, 11) is 1.89. The smallest absolute Gasteiger partial charge is 0.144 e. The Hall–Kier alpha value is -1.94. The summed E-state index contributed by atoms with van der Waals surface area (Å²) in [5.41, 5.74) is 3.87. The van der Waals surface area contributed by atoms with Gasteiger partial charge < -0.3 is 10.6 Å². The van der Waals surface area contributed by atoms with Gasteiger partial charge >= 0.3 is 0 Å².